The Balaban J connectivity index is 2.50. The van der Waals surface area contributed by atoms with Gasteiger partial charge in [0, 0.05) is 0 Å². The van der Waals surface area contributed by atoms with E-state index in [2.05, 4.69) is 106 Å². The summed E-state index contributed by atoms with van der Waals surface area (Å²) >= 11 is 0. The molecule has 150 valence electrons. The van der Waals surface area contributed by atoms with E-state index in [0.717, 1.165) is 0 Å². The minimum Gasteiger partial charge on any atom is -0.0915 e. The van der Waals surface area contributed by atoms with E-state index in [1.807, 2.05) is 0 Å². The smallest absolute Gasteiger partial charge is 0.0915 e. The molecule has 3 aromatic rings. The van der Waals surface area contributed by atoms with Crippen molar-refractivity contribution >= 4 is 133 Å². The molecule has 0 saturated carbocycles. The molecule has 0 aliphatic carbocycles. The van der Waals surface area contributed by atoms with E-state index in [9.17, 15) is 0 Å². The van der Waals surface area contributed by atoms with Gasteiger partial charge in [-0.25, -0.2) is 0 Å². The lowest BCUT2D eigenvalue weighted by atomic mass is 9.57. The zero-order valence-electron chi connectivity index (χ0n) is 23.0. The van der Waals surface area contributed by atoms with E-state index in [-0.39, 0.29) is 0 Å². The van der Waals surface area contributed by atoms with Gasteiger partial charge in [-0.15, -0.1) is 0 Å². The second-order valence-corrected chi connectivity index (χ2v) is 10.2. The van der Waals surface area contributed by atoms with Gasteiger partial charge >= 0.3 is 0 Å². The molecular formula is C22H32B10. The van der Waals surface area contributed by atoms with Crippen LogP contribution in [0.1, 0.15) is 22.3 Å². The minimum absolute atomic E-state index is 1.42. The zero-order valence-corrected chi connectivity index (χ0v) is 23.0. The highest BCUT2D eigenvalue weighted by Gasteiger charge is 2.23. The van der Waals surface area contributed by atoms with Crippen molar-refractivity contribution in [1.29, 1.82) is 0 Å². The first kappa shape index (κ1) is 24.9. The van der Waals surface area contributed by atoms with Gasteiger partial charge in [-0.05, 0) is 49.9 Å². The van der Waals surface area contributed by atoms with Crippen LogP contribution in [-0.4, -0.2) is 78.5 Å². The Labute approximate surface area is 205 Å². The van der Waals surface area contributed by atoms with Crippen LogP contribution in [0.25, 0.3) is 22.3 Å². The second kappa shape index (κ2) is 8.58. The lowest BCUT2D eigenvalue weighted by molar-refractivity contribution is 1.40. The van der Waals surface area contributed by atoms with Crippen LogP contribution >= 0.6 is 0 Å². The fraction of sp³-hybridized carbons (Fsp3) is 0.182. The first-order valence-electron chi connectivity index (χ1n) is 12.0. The molecule has 0 bridgehead atoms. The van der Waals surface area contributed by atoms with Crippen LogP contribution in [0.5, 0.6) is 0 Å². The highest BCUT2D eigenvalue weighted by Crippen LogP contribution is 2.16. The summed E-state index contributed by atoms with van der Waals surface area (Å²) in [6.07, 6.45) is 0. The number of hydrogen-bond donors (Lipinski definition) is 0. The molecule has 3 rings (SSSR count). The predicted molar refractivity (Wildman–Crippen MR) is 178 cm³/mol. The largest absolute Gasteiger partial charge is 0.140 e. The van der Waals surface area contributed by atoms with Crippen LogP contribution in [0.2, 0.25) is 0 Å². The quantitative estimate of drug-likeness (QED) is 0.372. The monoisotopic (exact) mass is 406 g/mol. The Bertz CT molecular complexity index is 1120. The summed E-state index contributed by atoms with van der Waals surface area (Å²) in [5.41, 5.74) is 25.8. The van der Waals surface area contributed by atoms with E-state index in [4.69, 9.17) is 0 Å². The molecule has 0 fully saturated rings. The summed E-state index contributed by atoms with van der Waals surface area (Å²) in [5.74, 6) is 0. The molecule has 0 aliphatic rings. The third-order valence-corrected chi connectivity index (χ3v) is 9.12. The van der Waals surface area contributed by atoms with Gasteiger partial charge in [0.2, 0.25) is 0 Å². The van der Waals surface area contributed by atoms with Gasteiger partial charge in [-0.3, -0.25) is 0 Å². The SMILES string of the molecule is Bc1c(B)c(-c2c(B)c(B)c(-c3c(B)c(B)c(C)c(C)c3B)c(B)c2B)c(B)c(C)c1C. The first-order valence-corrected chi connectivity index (χ1v) is 12.0. The molecule has 32 heavy (non-hydrogen) atoms. The molecule has 10 heteroatoms. The zero-order chi connectivity index (χ0) is 24.4. The summed E-state index contributed by atoms with van der Waals surface area (Å²) in [6.45, 7) is 9.09. The number of hydrogen-bond acceptors (Lipinski definition) is 0. The van der Waals surface area contributed by atoms with Crippen molar-refractivity contribution in [3.05, 3.63) is 22.3 Å². The topological polar surface area (TPSA) is 0 Å². The van der Waals surface area contributed by atoms with E-state index >= 15 is 0 Å². The molecule has 0 aromatic heterocycles. The lowest BCUT2D eigenvalue weighted by Gasteiger charge is -2.29. The van der Waals surface area contributed by atoms with Crippen molar-refractivity contribution < 1.29 is 0 Å². The fourth-order valence-electron chi connectivity index (χ4n) is 5.81. The van der Waals surface area contributed by atoms with Gasteiger partial charge in [0.1, 0.15) is 78.5 Å². The molecule has 0 radical (unpaired) electrons. The van der Waals surface area contributed by atoms with Gasteiger partial charge in [-0.1, -0.05) is 76.9 Å². The highest BCUT2D eigenvalue weighted by molar-refractivity contribution is 6.66. The molecule has 0 unspecified atom stereocenters. The number of benzene rings is 3. The van der Waals surface area contributed by atoms with Crippen molar-refractivity contribution in [3.63, 3.8) is 0 Å². The van der Waals surface area contributed by atoms with Crippen LogP contribution in [0.3, 0.4) is 0 Å². The van der Waals surface area contributed by atoms with E-state index < -0.39 is 0 Å². The maximum absolute atomic E-state index is 2.34. The minimum atomic E-state index is 1.42. The van der Waals surface area contributed by atoms with Gasteiger partial charge in [0.15, 0.2) is 0 Å². The van der Waals surface area contributed by atoms with Crippen LogP contribution in [0.4, 0.5) is 0 Å². The van der Waals surface area contributed by atoms with E-state index in [1.54, 1.807) is 0 Å². The third kappa shape index (κ3) is 3.44. The highest BCUT2D eigenvalue weighted by atomic mass is 14.2. The van der Waals surface area contributed by atoms with Crippen LogP contribution < -0.4 is 54.6 Å². The molecule has 0 heterocycles. The second-order valence-electron chi connectivity index (χ2n) is 10.2. The third-order valence-electron chi connectivity index (χ3n) is 9.12. The molecular weight excluding hydrogens is 372 g/mol. The molecule has 0 amide bonds. The standard InChI is InChI=1S/C22H32B10/c1-5-7(3)15(25)17(27)9(13(5)23)11-19(29)21(31)12(22(32)20(11)30)10-14(24)6(2)8(4)16(26)18(10)28/h23-32H2,1-4H3. The Morgan fingerprint density at radius 1 is 0.250 bits per heavy atom. The summed E-state index contributed by atoms with van der Waals surface area (Å²) < 4.78 is 0. The van der Waals surface area contributed by atoms with Gasteiger partial charge < -0.3 is 0 Å². The Morgan fingerprint density at radius 3 is 0.656 bits per heavy atom. The Hall–Kier alpha value is -1.69. The predicted octanol–water partition coefficient (Wildman–Crippen LogP) is -11.2. The first-order chi connectivity index (χ1) is 14.7. The molecule has 0 aliphatic heterocycles. The van der Waals surface area contributed by atoms with Gasteiger partial charge in [0.05, 0.1) is 0 Å². The van der Waals surface area contributed by atoms with Crippen molar-refractivity contribution in [2.75, 3.05) is 0 Å². The van der Waals surface area contributed by atoms with E-state index in [1.165, 1.54) is 99.1 Å². The maximum atomic E-state index is 2.34. The van der Waals surface area contributed by atoms with Crippen molar-refractivity contribution in [1.82, 2.24) is 0 Å². The molecule has 0 nitrogen and oxygen atoms in total. The molecule has 3 aromatic carbocycles. The average molecular weight is 405 g/mol. The van der Waals surface area contributed by atoms with Crippen LogP contribution in [0.15, 0.2) is 0 Å². The molecule has 0 atom stereocenters. The van der Waals surface area contributed by atoms with Crippen molar-refractivity contribution in [3.8, 4) is 22.3 Å². The summed E-state index contributed by atoms with van der Waals surface area (Å²) in [6, 6.07) is 0. The van der Waals surface area contributed by atoms with E-state index in [0.29, 0.717) is 0 Å². The molecule has 0 saturated heterocycles. The lowest BCUT2D eigenvalue weighted by Crippen LogP contribution is -2.50. The maximum Gasteiger partial charge on any atom is 0.140 e. The van der Waals surface area contributed by atoms with Crippen LogP contribution in [0, 0.1) is 27.7 Å². The average Bonchev–Trinajstić information content (AvgIpc) is 2.76. The van der Waals surface area contributed by atoms with Gasteiger partial charge in [-0.2, -0.15) is 0 Å². The van der Waals surface area contributed by atoms with Crippen molar-refractivity contribution in [2.24, 2.45) is 0 Å². The molecule has 0 spiro atoms. The van der Waals surface area contributed by atoms with Gasteiger partial charge in [0.25, 0.3) is 0 Å². The number of rotatable bonds is 2. The Kier molecular flexibility index (Phi) is 6.69. The summed E-state index contributed by atoms with van der Waals surface area (Å²) in [5, 5.41) is 0. The Morgan fingerprint density at radius 2 is 0.406 bits per heavy atom. The van der Waals surface area contributed by atoms with Crippen LogP contribution in [-0.2, 0) is 0 Å². The van der Waals surface area contributed by atoms with Crippen molar-refractivity contribution in [2.45, 2.75) is 27.7 Å². The fourth-order valence-corrected chi connectivity index (χ4v) is 5.81. The normalized spacial score (nSPS) is 11.1. The molecule has 0 N–H and O–H groups in total. The summed E-state index contributed by atoms with van der Waals surface area (Å²) in [7, 11) is 23.1. The summed E-state index contributed by atoms with van der Waals surface area (Å²) in [4.78, 5) is 0.